The number of unbranched alkanes of at least 4 members (excludes halogenated alkanes) is 27. The zero-order chi connectivity index (χ0) is 57.2. The van der Waals surface area contributed by atoms with Crippen molar-refractivity contribution in [1.29, 1.82) is 0 Å². The van der Waals surface area contributed by atoms with Crippen molar-refractivity contribution in [2.45, 2.75) is 283 Å². The van der Waals surface area contributed by atoms with E-state index in [2.05, 4.69) is 111 Å². The lowest BCUT2D eigenvalue weighted by molar-refractivity contribution is -0.870. The van der Waals surface area contributed by atoms with Crippen LogP contribution >= 0.6 is 7.82 Å². The predicted octanol–water partition coefficient (Wildman–Crippen LogP) is 19.3. The molecule has 3 atom stereocenters. The van der Waals surface area contributed by atoms with Crippen molar-refractivity contribution in [2.24, 2.45) is 0 Å². The number of esters is 1. The maximum atomic E-state index is 13.5. The van der Waals surface area contributed by atoms with Crippen molar-refractivity contribution < 1.29 is 37.3 Å². The van der Waals surface area contributed by atoms with Crippen LogP contribution in [0.4, 0.5) is 0 Å². The first-order chi connectivity index (χ1) is 37.9. The lowest BCUT2D eigenvalue weighted by Gasteiger charge is -2.30. The summed E-state index contributed by atoms with van der Waals surface area (Å²) >= 11 is 0. The summed E-state index contributed by atoms with van der Waals surface area (Å²) in [5, 5.41) is 3.02. The van der Waals surface area contributed by atoms with Crippen molar-refractivity contribution in [3.8, 4) is 0 Å². The number of nitrogens with one attached hydrogen (secondary N) is 1. The first-order valence-electron chi connectivity index (χ1n) is 32.0. The molecule has 78 heavy (non-hydrogen) atoms. The topological polar surface area (TPSA) is 114 Å². The number of likely N-dealkylation sites (N-methyl/N-ethyl adjacent to an activating group) is 1. The number of carbonyl (C=O) groups is 2. The van der Waals surface area contributed by atoms with Crippen molar-refractivity contribution in [3.05, 3.63) is 97.2 Å². The minimum Gasteiger partial charge on any atom is -0.756 e. The van der Waals surface area contributed by atoms with Gasteiger partial charge in [0.05, 0.1) is 33.8 Å². The molecule has 0 aromatic rings. The van der Waals surface area contributed by atoms with Crippen LogP contribution in [0.2, 0.25) is 0 Å². The van der Waals surface area contributed by atoms with Crippen LogP contribution in [0.5, 0.6) is 0 Å². The zero-order valence-electron chi connectivity index (χ0n) is 51.3. The average Bonchev–Trinajstić information content (AvgIpc) is 3.40. The van der Waals surface area contributed by atoms with E-state index in [9.17, 15) is 19.0 Å². The van der Waals surface area contributed by atoms with Crippen LogP contribution in [0.3, 0.4) is 0 Å². The van der Waals surface area contributed by atoms with Gasteiger partial charge in [-0.2, -0.15) is 0 Å². The Balaban J connectivity index is 5.27. The van der Waals surface area contributed by atoms with Gasteiger partial charge in [-0.3, -0.25) is 14.2 Å². The highest BCUT2D eigenvalue weighted by Gasteiger charge is 2.27. The van der Waals surface area contributed by atoms with E-state index in [1.807, 2.05) is 33.3 Å². The average molecular weight is 1110 g/mol. The van der Waals surface area contributed by atoms with E-state index >= 15 is 0 Å². The van der Waals surface area contributed by atoms with Gasteiger partial charge >= 0.3 is 5.97 Å². The maximum Gasteiger partial charge on any atom is 0.306 e. The lowest BCUT2D eigenvalue weighted by Crippen LogP contribution is -2.47. The molecule has 450 valence electrons. The van der Waals surface area contributed by atoms with Crippen LogP contribution in [0.1, 0.15) is 271 Å². The van der Waals surface area contributed by atoms with Gasteiger partial charge in [-0.05, 0) is 109 Å². The maximum absolute atomic E-state index is 13.5. The first-order valence-corrected chi connectivity index (χ1v) is 33.5. The van der Waals surface area contributed by atoms with Crippen LogP contribution in [0.25, 0.3) is 0 Å². The van der Waals surface area contributed by atoms with E-state index in [-0.39, 0.29) is 24.9 Å². The number of allylic oxidation sites excluding steroid dienone is 15. The molecule has 0 fully saturated rings. The molecule has 1 N–H and O–H groups in total. The van der Waals surface area contributed by atoms with E-state index in [4.69, 9.17) is 13.8 Å². The van der Waals surface area contributed by atoms with Gasteiger partial charge < -0.3 is 28.5 Å². The summed E-state index contributed by atoms with van der Waals surface area (Å²) < 4.78 is 30.3. The van der Waals surface area contributed by atoms with Gasteiger partial charge in [0.2, 0.25) is 5.91 Å². The summed E-state index contributed by atoms with van der Waals surface area (Å²) in [6.45, 7) is 6.69. The molecular weight excluding hydrogens is 988 g/mol. The zero-order valence-corrected chi connectivity index (χ0v) is 52.2. The molecular formula is C68H121N2O7P. The molecule has 10 heteroatoms. The molecule has 1 amide bonds. The van der Waals surface area contributed by atoms with Gasteiger partial charge in [-0.1, -0.05) is 247 Å². The summed E-state index contributed by atoms with van der Waals surface area (Å²) in [5.41, 5.74) is 0. The fraction of sp³-hybridized carbons (Fsp3) is 0.735. The molecule has 0 aromatic carbocycles. The number of amides is 1. The third kappa shape index (κ3) is 57.6. The minimum atomic E-state index is -4.71. The molecule has 0 saturated carbocycles. The van der Waals surface area contributed by atoms with Crippen molar-refractivity contribution in [2.75, 3.05) is 40.9 Å². The molecule has 0 radical (unpaired) electrons. The smallest absolute Gasteiger partial charge is 0.306 e. The van der Waals surface area contributed by atoms with Crippen LogP contribution in [-0.4, -0.2) is 69.4 Å². The van der Waals surface area contributed by atoms with E-state index in [1.54, 1.807) is 0 Å². The number of phosphoric ester groups is 1. The quantitative estimate of drug-likeness (QED) is 0.0212. The summed E-state index contributed by atoms with van der Waals surface area (Å²) in [6.07, 6.45) is 76.5. The van der Waals surface area contributed by atoms with Gasteiger partial charge in [0, 0.05) is 12.8 Å². The second kappa shape index (κ2) is 57.2. The van der Waals surface area contributed by atoms with Crippen molar-refractivity contribution >= 4 is 19.7 Å². The highest BCUT2D eigenvalue weighted by Crippen LogP contribution is 2.38. The highest BCUT2D eigenvalue weighted by molar-refractivity contribution is 7.45. The Bertz CT molecular complexity index is 1660. The Morgan fingerprint density at radius 1 is 0.462 bits per heavy atom. The standard InChI is InChI=1S/C68H121N2O7P/c1-7-10-13-16-19-22-25-28-30-32-34-35-37-39-41-43-46-49-52-55-58-61-68(72)77-66(59-56-53-50-47-44-27-24-21-18-15-12-9-3)65(64-76-78(73,74)75-63-62-70(4,5)6)69-67(71)60-57-54-51-48-45-42-40-38-36-33-31-29-26-23-20-17-14-11-8-2/h10,13,19-20,22-23,28-31,34-35,39,41,56,59,65-66H,7-9,11-12,14-18,21,24-27,32-33,36-38,40,42-55,57-58,60-64H2,1-6H3,(H-,69,71,73,74)/b13-10-,22-19-,23-20-,30-28-,31-29-,35-34-,41-39-,59-56+. The summed E-state index contributed by atoms with van der Waals surface area (Å²) in [4.78, 5) is 40.0. The van der Waals surface area contributed by atoms with Crippen LogP contribution in [0, 0.1) is 0 Å². The van der Waals surface area contributed by atoms with Gasteiger partial charge in [-0.25, -0.2) is 0 Å². The molecule has 3 unspecified atom stereocenters. The molecule has 0 spiro atoms. The van der Waals surface area contributed by atoms with Crippen LogP contribution in [-0.2, 0) is 27.9 Å². The molecule has 0 rings (SSSR count). The second-order valence-electron chi connectivity index (χ2n) is 22.5. The molecule has 0 bridgehead atoms. The SMILES string of the molecule is CC/C=C\C/C=C\C/C=C\C/C=C\C/C=C\CCCCCCCC(=O)OC(/C=C/CCCCCCCCCCCC)C(COP(=O)([O-])OCC[N+](C)(C)C)NC(=O)CCCCCCCCCCC/C=C\C/C=C\CCCCC. The van der Waals surface area contributed by atoms with Crippen LogP contribution < -0.4 is 10.2 Å². The van der Waals surface area contributed by atoms with Crippen molar-refractivity contribution in [1.82, 2.24) is 5.32 Å². The number of hydrogen-bond acceptors (Lipinski definition) is 7. The number of carbonyl (C=O) groups excluding carboxylic acids is 2. The minimum absolute atomic E-state index is 0.0307. The number of rotatable bonds is 57. The Morgan fingerprint density at radius 3 is 1.26 bits per heavy atom. The van der Waals surface area contributed by atoms with Gasteiger partial charge in [0.1, 0.15) is 19.3 Å². The molecule has 0 aromatic heterocycles. The monoisotopic (exact) mass is 1110 g/mol. The molecule has 0 aliphatic rings. The summed E-state index contributed by atoms with van der Waals surface area (Å²) in [7, 11) is 1.16. The van der Waals surface area contributed by atoms with Crippen LogP contribution in [0.15, 0.2) is 97.2 Å². The number of nitrogens with zero attached hydrogens (tertiary/aromatic N) is 1. The van der Waals surface area contributed by atoms with E-state index in [0.717, 1.165) is 122 Å². The molecule has 0 saturated heterocycles. The fourth-order valence-corrected chi connectivity index (χ4v) is 9.54. The number of quaternary nitrogens is 1. The number of hydrogen-bond donors (Lipinski definition) is 1. The third-order valence-electron chi connectivity index (χ3n) is 13.7. The van der Waals surface area contributed by atoms with Gasteiger partial charge in [-0.15, -0.1) is 0 Å². The Morgan fingerprint density at radius 2 is 0.821 bits per heavy atom. The van der Waals surface area contributed by atoms with E-state index in [0.29, 0.717) is 23.9 Å². The molecule has 0 aliphatic carbocycles. The Labute approximate surface area is 481 Å². The normalized spacial score (nSPS) is 14.3. The van der Waals surface area contributed by atoms with E-state index in [1.165, 1.54) is 109 Å². The van der Waals surface area contributed by atoms with E-state index < -0.39 is 26.6 Å². The Hall–Kier alpha value is -3.07. The summed E-state index contributed by atoms with van der Waals surface area (Å²) in [5.74, 6) is -0.569. The predicted molar refractivity (Wildman–Crippen MR) is 334 cm³/mol. The van der Waals surface area contributed by atoms with Crippen molar-refractivity contribution in [3.63, 3.8) is 0 Å². The largest absolute Gasteiger partial charge is 0.756 e. The molecule has 0 heterocycles. The fourth-order valence-electron chi connectivity index (χ4n) is 8.81. The summed E-state index contributed by atoms with van der Waals surface area (Å²) in [6, 6.07) is -0.904. The highest BCUT2D eigenvalue weighted by atomic mass is 31.2. The number of phosphoric acid groups is 1. The second-order valence-corrected chi connectivity index (χ2v) is 23.9. The van der Waals surface area contributed by atoms with Gasteiger partial charge in [0.15, 0.2) is 0 Å². The first kappa shape index (κ1) is 74.9. The third-order valence-corrected chi connectivity index (χ3v) is 14.7. The number of ether oxygens (including phenoxy) is 1. The lowest BCUT2D eigenvalue weighted by atomic mass is 10.0. The molecule has 9 nitrogen and oxygen atoms in total. The molecule has 0 aliphatic heterocycles. The Kier molecular flexibility index (Phi) is 54.9. The van der Waals surface area contributed by atoms with Gasteiger partial charge in [0.25, 0.3) is 7.82 Å².